The van der Waals surface area contributed by atoms with Gasteiger partial charge in [-0.1, -0.05) is 0 Å². The Morgan fingerprint density at radius 3 is 2.00 bits per heavy atom. The Labute approximate surface area is 129 Å². The lowest BCUT2D eigenvalue weighted by Crippen LogP contribution is -2.22. The van der Waals surface area contributed by atoms with Gasteiger partial charge in [0.2, 0.25) is 0 Å². The van der Waals surface area contributed by atoms with E-state index in [1.807, 2.05) is 26.8 Å². The summed E-state index contributed by atoms with van der Waals surface area (Å²) in [5.74, 6) is 0.647. The molecule has 4 heteroatoms. The summed E-state index contributed by atoms with van der Waals surface area (Å²) in [7, 11) is 0. The quantitative estimate of drug-likeness (QED) is 0.635. The van der Waals surface area contributed by atoms with E-state index < -0.39 is 5.97 Å². The molecule has 0 aliphatic carbocycles. The van der Waals surface area contributed by atoms with Crippen LogP contribution in [0.4, 0.5) is 0 Å². The fourth-order valence-corrected chi connectivity index (χ4v) is 1.78. The van der Waals surface area contributed by atoms with Crippen LogP contribution in [0.1, 0.15) is 36.7 Å². The number of nitriles is 1. The lowest BCUT2D eigenvalue weighted by molar-refractivity contribution is 0.0734. The highest BCUT2D eigenvalue weighted by atomic mass is 16.5. The monoisotopic (exact) mass is 295 g/mol. The molecule has 0 atom stereocenters. The molecular weight excluding hydrogens is 278 g/mol. The van der Waals surface area contributed by atoms with Gasteiger partial charge in [-0.2, -0.15) is 5.26 Å². The van der Waals surface area contributed by atoms with E-state index in [-0.39, 0.29) is 5.60 Å². The van der Waals surface area contributed by atoms with Crippen molar-refractivity contribution in [3.8, 4) is 17.6 Å². The van der Waals surface area contributed by atoms with E-state index in [9.17, 15) is 4.79 Å². The maximum atomic E-state index is 12.0. The van der Waals surface area contributed by atoms with Crippen LogP contribution in [0.25, 0.3) is 0 Å². The van der Waals surface area contributed by atoms with Crippen molar-refractivity contribution in [2.75, 3.05) is 0 Å². The second-order valence-electron chi connectivity index (χ2n) is 5.76. The van der Waals surface area contributed by atoms with Gasteiger partial charge in [0.05, 0.1) is 17.2 Å². The summed E-state index contributed by atoms with van der Waals surface area (Å²) in [6.07, 6.45) is 0. The summed E-state index contributed by atoms with van der Waals surface area (Å²) < 4.78 is 10.9. The third-order valence-corrected chi connectivity index (χ3v) is 2.71. The van der Waals surface area contributed by atoms with Gasteiger partial charge in [-0.25, -0.2) is 4.79 Å². The molecule has 0 fully saturated rings. The Kier molecular flexibility index (Phi) is 4.47. The zero-order valence-corrected chi connectivity index (χ0v) is 12.8. The number of carbonyl (C=O) groups is 1. The number of hydrogen-bond donors (Lipinski definition) is 0. The van der Waals surface area contributed by atoms with E-state index in [0.29, 0.717) is 22.6 Å². The van der Waals surface area contributed by atoms with Crippen molar-refractivity contribution in [2.45, 2.75) is 26.4 Å². The van der Waals surface area contributed by atoms with Crippen LogP contribution in [0, 0.1) is 11.3 Å². The molecule has 0 aliphatic heterocycles. The normalized spacial score (nSPS) is 10.6. The summed E-state index contributed by atoms with van der Waals surface area (Å²) in [6.45, 7) is 5.88. The van der Waals surface area contributed by atoms with Crippen molar-refractivity contribution >= 4 is 5.97 Å². The molecular formula is C18H17NO3. The van der Waals surface area contributed by atoms with Gasteiger partial charge in [-0.15, -0.1) is 0 Å². The van der Waals surface area contributed by atoms with Gasteiger partial charge in [0.25, 0.3) is 0 Å². The van der Waals surface area contributed by atoms with Gasteiger partial charge in [-0.05, 0) is 69.3 Å². The number of hydrogen-bond acceptors (Lipinski definition) is 4. The minimum atomic E-state index is -0.452. The zero-order chi connectivity index (χ0) is 16.2. The van der Waals surface area contributed by atoms with Gasteiger partial charge < -0.3 is 9.47 Å². The highest BCUT2D eigenvalue weighted by Crippen LogP contribution is 2.20. The summed E-state index contributed by atoms with van der Waals surface area (Å²) in [6, 6.07) is 15.2. The van der Waals surface area contributed by atoms with Crippen molar-refractivity contribution in [1.82, 2.24) is 0 Å². The highest BCUT2D eigenvalue weighted by molar-refractivity contribution is 5.91. The van der Waals surface area contributed by atoms with Crippen molar-refractivity contribution in [3.05, 3.63) is 59.7 Å². The molecule has 4 nitrogen and oxygen atoms in total. The molecule has 0 radical (unpaired) electrons. The lowest BCUT2D eigenvalue weighted by Gasteiger charge is -2.21. The molecule has 0 spiro atoms. The second kappa shape index (κ2) is 6.31. The summed E-state index contributed by atoms with van der Waals surface area (Å²) >= 11 is 0. The topological polar surface area (TPSA) is 59.3 Å². The van der Waals surface area contributed by atoms with Gasteiger partial charge in [0.15, 0.2) is 0 Å². The Morgan fingerprint density at radius 1 is 0.955 bits per heavy atom. The number of benzene rings is 2. The molecule has 0 N–H and O–H groups in total. The Balaban J connectivity index is 2.04. The zero-order valence-electron chi connectivity index (χ0n) is 12.8. The third kappa shape index (κ3) is 4.35. The Morgan fingerprint density at radius 2 is 1.50 bits per heavy atom. The average Bonchev–Trinajstić information content (AvgIpc) is 2.47. The Bertz CT molecular complexity index is 689. The molecule has 0 aromatic heterocycles. The second-order valence-corrected chi connectivity index (χ2v) is 5.76. The molecule has 0 unspecified atom stereocenters. The van der Waals surface area contributed by atoms with Gasteiger partial charge in [0, 0.05) is 0 Å². The molecule has 22 heavy (non-hydrogen) atoms. The molecule has 0 amide bonds. The molecule has 0 saturated heterocycles. The molecule has 0 aliphatic rings. The molecule has 0 heterocycles. The smallest absolute Gasteiger partial charge is 0.343 e. The predicted octanol–water partition coefficient (Wildman–Crippen LogP) is 3.95. The SMILES string of the molecule is CC(C)(C)Oc1ccc(C(=O)Oc2ccc(C#N)cc2)cc1. The fraction of sp³-hybridized carbons (Fsp3) is 0.222. The highest BCUT2D eigenvalue weighted by Gasteiger charge is 2.13. The minimum Gasteiger partial charge on any atom is -0.488 e. The molecule has 0 saturated carbocycles. The van der Waals surface area contributed by atoms with Crippen LogP contribution in [0.3, 0.4) is 0 Å². The minimum absolute atomic E-state index is 0.287. The van der Waals surface area contributed by atoms with Gasteiger partial charge in [-0.3, -0.25) is 0 Å². The van der Waals surface area contributed by atoms with Crippen molar-refractivity contribution in [1.29, 1.82) is 5.26 Å². The number of esters is 1. The van der Waals surface area contributed by atoms with Crippen molar-refractivity contribution < 1.29 is 14.3 Å². The Hall–Kier alpha value is -2.80. The first kappa shape index (κ1) is 15.6. The third-order valence-electron chi connectivity index (χ3n) is 2.71. The standard InChI is InChI=1S/C18H17NO3/c1-18(2,3)22-16-10-6-14(7-11-16)17(20)21-15-8-4-13(12-19)5-9-15/h4-11H,1-3H3. The average molecular weight is 295 g/mol. The van der Waals surface area contributed by atoms with E-state index in [2.05, 4.69) is 0 Å². The number of rotatable bonds is 3. The van der Waals surface area contributed by atoms with Crippen LogP contribution in [-0.2, 0) is 0 Å². The van der Waals surface area contributed by atoms with Crippen LogP contribution in [0.2, 0.25) is 0 Å². The molecule has 0 bridgehead atoms. The molecule has 2 aromatic rings. The van der Waals surface area contributed by atoms with Crippen LogP contribution in [-0.4, -0.2) is 11.6 Å². The predicted molar refractivity (Wildman–Crippen MR) is 82.9 cm³/mol. The van der Waals surface area contributed by atoms with Crippen molar-refractivity contribution in [3.63, 3.8) is 0 Å². The summed E-state index contributed by atoms with van der Waals surface area (Å²) in [4.78, 5) is 12.0. The summed E-state index contributed by atoms with van der Waals surface area (Å²) in [5.41, 5.74) is 0.666. The van der Waals surface area contributed by atoms with Crippen LogP contribution >= 0.6 is 0 Å². The number of nitrogens with zero attached hydrogens (tertiary/aromatic N) is 1. The maximum Gasteiger partial charge on any atom is 0.343 e. The summed E-state index contributed by atoms with van der Waals surface area (Å²) in [5, 5.41) is 8.73. The number of carbonyl (C=O) groups excluding carboxylic acids is 1. The van der Waals surface area contributed by atoms with Crippen LogP contribution in [0.15, 0.2) is 48.5 Å². The fourth-order valence-electron chi connectivity index (χ4n) is 1.78. The molecule has 2 rings (SSSR count). The van der Waals surface area contributed by atoms with Crippen LogP contribution < -0.4 is 9.47 Å². The molecule has 112 valence electrons. The lowest BCUT2D eigenvalue weighted by atomic mass is 10.1. The van der Waals surface area contributed by atoms with Crippen LogP contribution in [0.5, 0.6) is 11.5 Å². The van der Waals surface area contributed by atoms with E-state index in [0.717, 1.165) is 0 Å². The maximum absolute atomic E-state index is 12.0. The first-order valence-corrected chi connectivity index (χ1v) is 6.89. The number of ether oxygens (including phenoxy) is 2. The van der Waals surface area contributed by atoms with Crippen molar-refractivity contribution in [2.24, 2.45) is 0 Å². The van der Waals surface area contributed by atoms with E-state index in [1.54, 1.807) is 48.5 Å². The largest absolute Gasteiger partial charge is 0.488 e. The van der Waals surface area contributed by atoms with E-state index in [1.165, 1.54) is 0 Å². The van der Waals surface area contributed by atoms with Gasteiger partial charge >= 0.3 is 5.97 Å². The first-order valence-electron chi connectivity index (χ1n) is 6.89. The van der Waals surface area contributed by atoms with E-state index in [4.69, 9.17) is 14.7 Å². The molecule has 2 aromatic carbocycles. The van der Waals surface area contributed by atoms with Gasteiger partial charge in [0.1, 0.15) is 17.1 Å². The van der Waals surface area contributed by atoms with E-state index >= 15 is 0 Å². The first-order chi connectivity index (χ1) is 10.4.